The molecule has 0 spiro atoms. The first-order chi connectivity index (χ1) is 16.3. The third kappa shape index (κ3) is 4.87. The van der Waals surface area contributed by atoms with Gasteiger partial charge in [-0.2, -0.15) is 4.99 Å². The molecule has 176 valence electrons. The number of para-hydroxylation sites is 1. The zero-order valence-electron chi connectivity index (χ0n) is 18.8. The molecule has 0 saturated heterocycles. The van der Waals surface area contributed by atoms with Crippen molar-refractivity contribution in [3.05, 3.63) is 87.6 Å². The highest BCUT2D eigenvalue weighted by Gasteiger charge is 2.23. The van der Waals surface area contributed by atoms with E-state index in [2.05, 4.69) is 27.8 Å². The van der Waals surface area contributed by atoms with Gasteiger partial charge in [-0.05, 0) is 67.9 Å². The number of halogens is 1. The van der Waals surface area contributed by atoms with Gasteiger partial charge in [-0.1, -0.05) is 52.4 Å². The van der Waals surface area contributed by atoms with E-state index in [9.17, 15) is 13.2 Å². The monoisotopic (exact) mass is 557 g/mol. The van der Waals surface area contributed by atoms with E-state index in [1.165, 1.54) is 39.9 Å². The van der Waals surface area contributed by atoms with Crippen molar-refractivity contribution in [2.75, 3.05) is 10.8 Å². The third-order valence-electron chi connectivity index (χ3n) is 5.31. The van der Waals surface area contributed by atoms with Gasteiger partial charge in [0.2, 0.25) is 0 Å². The Morgan fingerprint density at radius 2 is 1.74 bits per heavy atom. The highest BCUT2D eigenvalue weighted by Crippen LogP contribution is 2.24. The van der Waals surface area contributed by atoms with Crippen LogP contribution in [0.25, 0.3) is 10.2 Å². The lowest BCUT2D eigenvalue weighted by Crippen LogP contribution is -2.30. The van der Waals surface area contributed by atoms with Crippen LogP contribution in [0.4, 0.5) is 5.69 Å². The zero-order chi connectivity index (χ0) is 24.3. The summed E-state index contributed by atoms with van der Waals surface area (Å²) < 4.78 is 31.8. The number of anilines is 1. The molecule has 0 aliphatic heterocycles. The number of amides is 1. The number of hydrogen-bond acceptors (Lipinski definition) is 4. The number of aryl methyl sites for hydroxylation is 1. The second kappa shape index (κ2) is 10.2. The van der Waals surface area contributed by atoms with Crippen molar-refractivity contribution in [1.29, 1.82) is 0 Å². The Morgan fingerprint density at radius 3 is 2.38 bits per heavy atom. The van der Waals surface area contributed by atoms with Crippen molar-refractivity contribution in [2.45, 2.75) is 31.7 Å². The Balaban J connectivity index is 1.67. The van der Waals surface area contributed by atoms with Crippen LogP contribution in [0.3, 0.4) is 0 Å². The summed E-state index contributed by atoms with van der Waals surface area (Å²) in [5.41, 5.74) is 1.96. The molecule has 1 aromatic heterocycles. The minimum absolute atomic E-state index is 0.127. The number of carbonyl (C=O) groups is 1. The van der Waals surface area contributed by atoms with Gasteiger partial charge < -0.3 is 4.57 Å². The number of thiazole rings is 1. The molecular formula is C25H24BrN3O3S2. The fourth-order valence-electron chi connectivity index (χ4n) is 3.71. The van der Waals surface area contributed by atoms with Crippen LogP contribution in [0.5, 0.6) is 0 Å². The Morgan fingerprint density at radius 1 is 1.03 bits per heavy atom. The maximum Gasteiger partial charge on any atom is 0.279 e. The third-order valence-corrected chi connectivity index (χ3v) is 8.76. The minimum atomic E-state index is -3.76. The summed E-state index contributed by atoms with van der Waals surface area (Å²) in [6, 6.07) is 20.9. The summed E-state index contributed by atoms with van der Waals surface area (Å²) >= 11 is 4.95. The maximum atomic E-state index is 13.2. The smallest absolute Gasteiger partial charge is 0.279 e. The van der Waals surface area contributed by atoms with Crippen molar-refractivity contribution in [3.8, 4) is 0 Å². The van der Waals surface area contributed by atoms with Crippen molar-refractivity contribution in [2.24, 2.45) is 4.99 Å². The molecule has 1 heterocycles. The summed E-state index contributed by atoms with van der Waals surface area (Å²) in [6.07, 6.45) is 0.908. The standard InChI is InChI=1S/C25H24BrN3O3S2/c1-3-16-28-22-15-12-19(26)17-23(22)33-25(28)27-24(30)18-10-13-21(14-11-18)34(31,32)29(4-2)20-8-6-5-7-9-20/h5-15,17H,3-4,16H2,1-2H3. The predicted molar refractivity (Wildman–Crippen MR) is 141 cm³/mol. The van der Waals surface area contributed by atoms with Crippen LogP contribution in [0.2, 0.25) is 0 Å². The van der Waals surface area contributed by atoms with E-state index in [1.54, 1.807) is 31.2 Å². The first kappa shape index (κ1) is 24.4. The van der Waals surface area contributed by atoms with E-state index in [0.717, 1.165) is 27.7 Å². The van der Waals surface area contributed by atoms with E-state index in [0.29, 0.717) is 22.6 Å². The molecule has 0 aliphatic carbocycles. The highest BCUT2D eigenvalue weighted by molar-refractivity contribution is 9.10. The van der Waals surface area contributed by atoms with Crippen LogP contribution in [0, 0.1) is 0 Å². The Labute approximate surface area is 211 Å². The molecule has 0 aliphatic rings. The number of nitrogens with zero attached hydrogens (tertiary/aromatic N) is 3. The number of hydrogen-bond donors (Lipinski definition) is 0. The van der Waals surface area contributed by atoms with Crippen LogP contribution in [0.15, 0.2) is 87.2 Å². The number of rotatable bonds is 7. The lowest BCUT2D eigenvalue weighted by Gasteiger charge is -2.22. The molecule has 4 aromatic rings. The first-order valence-electron chi connectivity index (χ1n) is 10.9. The number of aromatic nitrogens is 1. The van der Waals surface area contributed by atoms with Crippen LogP contribution in [-0.2, 0) is 16.6 Å². The van der Waals surface area contributed by atoms with E-state index in [1.807, 2.05) is 28.8 Å². The molecule has 3 aromatic carbocycles. The fourth-order valence-corrected chi connectivity index (χ4v) is 6.79. The molecule has 0 unspecified atom stereocenters. The number of carbonyl (C=O) groups excluding carboxylic acids is 1. The van der Waals surface area contributed by atoms with E-state index < -0.39 is 15.9 Å². The minimum Gasteiger partial charge on any atom is -0.316 e. The van der Waals surface area contributed by atoms with Gasteiger partial charge >= 0.3 is 0 Å². The van der Waals surface area contributed by atoms with Gasteiger partial charge in [0.15, 0.2) is 4.80 Å². The number of fused-ring (bicyclic) bond motifs is 1. The summed E-state index contributed by atoms with van der Waals surface area (Å²) in [6.45, 7) is 4.91. The molecule has 1 amide bonds. The molecular weight excluding hydrogens is 534 g/mol. The molecule has 34 heavy (non-hydrogen) atoms. The largest absolute Gasteiger partial charge is 0.316 e. The van der Waals surface area contributed by atoms with Crippen molar-refractivity contribution in [3.63, 3.8) is 0 Å². The lowest BCUT2D eigenvalue weighted by molar-refractivity contribution is 0.0997. The second-order valence-corrected chi connectivity index (χ2v) is 11.4. The van der Waals surface area contributed by atoms with Gasteiger partial charge in [0, 0.05) is 23.1 Å². The zero-order valence-corrected chi connectivity index (χ0v) is 22.0. The van der Waals surface area contributed by atoms with Crippen molar-refractivity contribution >= 4 is 59.1 Å². The van der Waals surface area contributed by atoms with Crippen LogP contribution >= 0.6 is 27.3 Å². The van der Waals surface area contributed by atoms with Crippen LogP contribution in [0.1, 0.15) is 30.6 Å². The summed E-state index contributed by atoms with van der Waals surface area (Å²) in [5.74, 6) is -0.408. The molecule has 6 nitrogen and oxygen atoms in total. The normalized spacial score (nSPS) is 12.3. The lowest BCUT2D eigenvalue weighted by atomic mass is 10.2. The maximum absolute atomic E-state index is 13.2. The predicted octanol–water partition coefficient (Wildman–Crippen LogP) is 5.83. The van der Waals surface area contributed by atoms with Gasteiger partial charge in [-0.15, -0.1) is 0 Å². The Bertz CT molecular complexity index is 1490. The fraction of sp³-hybridized carbons (Fsp3) is 0.200. The number of sulfonamides is 1. The highest BCUT2D eigenvalue weighted by atomic mass is 79.9. The number of benzene rings is 3. The van der Waals surface area contributed by atoms with E-state index in [-0.39, 0.29) is 4.90 Å². The van der Waals surface area contributed by atoms with Crippen molar-refractivity contribution in [1.82, 2.24) is 4.57 Å². The topological polar surface area (TPSA) is 71.7 Å². The van der Waals surface area contributed by atoms with Gasteiger partial charge in [0.05, 0.1) is 20.8 Å². The average Bonchev–Trinajstić information content (AvgIpc) is 3.16. The Kier molecular flexibility index (Phi) is 7.35. The van der Waals surface area contributed by atoms with Crippen molar-refractivity contribution < 1.29 is 13.2 Å². The van der Waals surface area contributed by atoms with E-state index in [4.69, 9.17) is 0 Å². The molecule has 4 rings (SSSR count). The molecule has 0 saturated carbocycles. The molecule has 0 atom stereocenters. The summed E-state index contributed by atoms with van der Waals surface area (Å²) in [5, 5.41) is 0. The summed E-state index contributed by atoms with van der Waals surface area (Å²) in [4.78, 5) is 18.1. The van der Waals surface area contributed by atoms with Gasteiger partial charge in [0.1, 0.15) is 0 Å². The molecule has 0 radical (unpaired) electrons. The molecule has 9 heteroatoms. The molecule has 0 bridgehead atoms. The molecule has 0 fully saturated rings. The van der Waals surface area contributed by atoms with Crippen LogP contribution < -0.4 is 9.11 Å². The average molecular weight is 559 g/mol. The van der Waals surface area contributed by atoms with Gasteiger partial charge in [0.25, 0.3) is 15.9 Å². The van der Waals surface area contributed by atoms with Gasteiger partial charge in [-0.3, -0.25) is 9.10 Å². The molecule has 0 N–H and O–H groups in total. The summed E-state index contributed by atoms with van der Waals surface area (Å²) in [7, 11) is -3.76. The first-order valence-corrected chi connectivity index (χ1v) is 14.0. The quantitative estimate of drug-likeness (QED) is 0.287. The second-order valence-electron chi connectivity index (χ2n) is 7.59. The Hall–Kier alpha value is -2.75. The van der Waals surface area contributed by atoms with E-state index >= 15 is 0 Å². The van der Waals surface area contributed by atoms with Crippen LogP contribution in [-0.4, -0.2) is 25.4 Å². The SMILES string of the molecule is CCCn1c(=NC(=O)c2ccc(S(=O)(=O)N(CC)c3ccccc3)cc2)sc2cc(Br)ccc21. The van der Waals surface area contributed by atoms with Gasteiger partial charge in [-0.25, -0.2) is 8.42 Å².